The Hall–Kier alpha value is -2.93. The highest BCUT2D eigenvalue weighted by atomic mass is 16.6. The van der Waals surface area contributed by atoms with E-state index in [9.17, 15) is 14.9 Å². The molecule has 1 fully saturated rings. The molecule has 3 rings (SSSR count). The summed E-state index contributed by atoms with van der Waals surface area (Å²) in [5, 5.41) is 13.7. The number of nitro benzene ring substituents is 1. The summed E-state index contributed by atoms with van der Waals surface area (Å²) < 4.78 is 5.38. The molecule has 0 bridgehead atoms. The van der Waals surface area contributed by atoms with E-state index in [1.807, 2.05) is 18.2 Å². The molecule has 1 aliphatic heterocycles. The van der Waals surface area contributed by atoms with E-state index in [4.69, 9.17) is 4.74 Å². The maximum Gasteiger partial charge on any atom is 0.273 e. The molecule has 0 saturated carbocycles. The number of nitrogens with one attached hydrogen (secondary N) is 1. The van der Waals surface area contributed by atoms with E-state index in [1.165, 1.54) is 36.6 Å². The molecule has 0 unspecified atom stereocenters. The lowest BCUT2D eigenvalue weighted by Crippen LogP contribution is -2.33. The summed E-state index contributed by atoms with van der Waals surface area (Å²) >= 11 is 0. The van der Waals surface area contributed by atoms with Gasteiger partial charge in [-0.1, -0.05) is 37.3 Å². The zero-order valence-corrected chi connectivity index (χ0v) is 16.7. The highest BCUT2D eigenvalue weighted by molar-refractivity contribution is 5.77. The standard InChI is InChI=1S/C22H27N3O4/c1-17-9-11-24(12-10-17)15-19-6-3-2-5-18(19)14-23-22(26)16-29-21-8-4-7-20(13-21)25(27)28/h2-8,13,17H,9-12,14-16H2,1H3,(H,23,26). The predicted octanol–water partition coefficient (Wildman–Crippen LogP) is 3.52. The average molecular weight is 397 g/mol. The SMILES string of the molecule is CC1CCN(Cc2ccccc2CNC(=O)COc2cccc([N+](=O)[O-])c2)CC1. The molecule has 1 heterocycles. The van der Waals surface area contributed by atoms with Gasteiger partial charge in [0.05, 0.1) is 11.0 Å². The number of amides is 1. The summed E-state index contributed by atoms with van der Waals surface area (Å²) in [6.45, 7) is 5.65. The Kier molecular flexibility index (Phi) is 7.19. The fourth-order valence-corrected chi connectivity index (χ4v) is 3.43. The lowest BCUT2D eigenvalue weighted by Gasteiger charge is -2.30. The van der Waals surface area contributed by atoms with Crippen LogP contribution >= 0.6 is 0 Å². The summed E-state index contributed by atoms with van der Waals surface area (Å²) in [7, 11) is 0. The third-order valence-corrected chi connectivity index (χ3v) is 5.26. The monoisotopic (exact) mass is 397 g/mol. The van der Waals surface area contributed by atoms with Crippen LogP contribution in [0.1, 0.15) is 30.9 Å². The molecule has 154 valence electrons. The minimum atomic E-state index is -0.493. The van der Waals surface area contributed by atoms with Crippen LogP contribution in [-0.4, -0.2) is 35.4 Å². The molecule has 2 aromatic rings. The van der Waals surface area contributed by atoms with Gasteiger partial charge in [-0.2, -0.15) is 0 Å². The van der Waals surface area contributed by atoms with Crippen molar-refractivity contribution in [1.29, 1.82) is 0 Å². The molecule has 1 amide bonds. The first-order chi connectivity index (χ1) is 14.0. The zero-order chi connectivity index (χ0) is 20.6. The van der Waals surface area contributed by atoms with E-state index < -0.39 is 4.92 Å². The Labute approximate surface area is 170 Å². The summed E-state index contributed by atoms with van der Waals surface area (Å²) in [5.74, 6) is 0.832. The second-order valence-electron chi connectivity index (χ2n) is 7.55. The number of benzene rings is 2. The maximum absolute atomic E-state index is 12.2. The van der Waals surface area contributed by atoms with E-state index >= 15 is 0 Å². The minimum absolute atomic E-state index is 0.0658. The Balaban J connectivity index is 1.50. The van der Waals surface area contributed by atoms with Crippen molar-refractivity contribution in [1.82, 2.24) is 10.2 Å². The van der Waals surface area contributed by atoms with Crippen molar-refractivity contribution in [2.45, 2.75) is 32.9 Å². The fourth-order valence-electron chi connectivity index (χ4n) is 3.43. The van der Waals surface area contributed by atoms with Crippen LogP contribution in [0.2, 0.25) is 0 Å². The van der Waals surface area contributed by atoms with E-state index in [1.54, 1.807) is 6.07 Å². The van der Waals surface area contributed by atoms with Crippen molar-refractivity contribution >= 4 is 11.6 Å². The van der Waals surface area contributed by atoms with Gasteiger partial charge in [0.2, 0.25) is 0 Å². The number of carbonyl (C=O) groups excluding carboxylic acids is 1. The van der Waals surface area contributed by atoms with Crippen LogP contribution in [0, 0.1) is 16.0 Å². The zero-order valence-electron chi connectivity index (χ0n) is 16.7. The third-order valence-electron chi connectivity index (χ3n) is 5.26. The van der Waals surface area contributed by atoms with Crippen molar-refractivity contribution in [2.75, 3.05) is 19.7 Å². The van der Waals surface area contributed by atoms with Crippen molar-refractivity contribution in [3.8, 4) is 5.75 Å². The van der Waals surface area contributed by atoms with Gasteiger partial charge >= 0.3 is 0 Å². The first-order valence-electron chi connectivity index (χ1n) is 9.94. The van der Waals surface area contributed by atoms with Gasteiger partial charge in [0, 0.05) is 19.2 Å². The number of rotatable bonds is 8. The van der Waals surface area contributed by atoms with Crippen LogP contribution in [0.15, 0.2) is 48.5 Å². The highest BCUT2D eigenvalue weighted by Gasteiger charge is 2.17. The fraction of sp³-hybridized carbons (Fsp3) is 0.409. The number of piperidine rings is 1. The van der Waals surface area contributed by atoms with Crippen molar-refractivity contribution in [2.24, 2.45) is 5.92 Å². The molecule has 0 atom stereocenters. The highest BCUT2D eigenvalue weighted by Crippen LogP contribution is 2.20. The first-order valence-corrected chi connectivity index (χ1v) is 9.94. The second-order valence-corrected chi connectivity index (χ2v) is 7.55. The summed E-state index contributed by atoms with van der Waals surface area (Å²) in [5.41, 5.74) is 2.25. The van der Waals surface area contributed by atoms with Gasteiger partial charge < -0.3 is 10.1 Å². The van der Waals surface area contributed by atoms with Crippen molar-refractivity contribution < 1.29 is 14.5 Å². The number of nitro groups is 1. The number of hydrogen-bond donors (Lipinski definition) is 1. The predicted molar refractivity (Wildman–Crippen MR) is 111 cm³/mol. The van der Waals surface area contributed by atoms with Crippen LogP contribution in [-0.2, 0) is 17.9 Å². The van der Waals surface area contributed by atoms with Crippen LogP contribution in [0.4, 0.5) is 5.69 Å². The van der Waals surface area contributed by atoms with Crippen molar-refractivity contribution in [3.05, 3.63) is 69.8 Å². The molecular weight excluding hydrogens is 370 g/mol. The molecule has 0 aromatic heterocycles. The molecule has 29 heavy (non-hydrogen) atoms. The van der Waals surface area contributed by atoms with Gasteiger partial charge in [0.25, 0.3) is 11.6 Å². The van der Waals surface area contributed by atoms with Crippen LogP contribution in [0.25, 0.3) is 0 Å². The van der Waals surface area contributed by atoms with E-state index in [0.29, 0.717) is 12.3 Å². The number of ether oxygens (including phenoxy) is 1. The van der Waals surface area contributed by atoms with Gasteiger partial charge in [0.15, 0.2) is 6.61 Å². The van der Waals surface area contributed by atoms with Gasteiger partial charge in [-0.05, 0) is 49.0 Å². The molecule has 1 N–H and O–H groups in total. The smallest absolute Gasteiger partial charge is 0.273 e. The molecule has 0 spiro atoms. The van der Waals surface area contributed by atoms with Gasteiger partial charge in [-0.25, -0.2) is 0 Å². The number of non-ortho nitro benzene ring substituents is 1. The number of nitrogens with zero attached hydrogens (tertiary/aromatic N) is 2. The first kappa shape index (κ1) is 20.8. The maximum atomic E-state index is 12.2. The Morgan fingerprint density at radius 3 is 2.62 bits per heavy atom. The Morgan fingerprint density at radius 1 is 1.17 bits per heavy atom. The number of likely N-dealkylation sites (tertiary alicyclic amines) is 1. The molecule has 2 aromatic carbocycles. The van der Waals surface area contributed by atoms with Gasteiger partial charge in [-0.15, -0.1) is 0 Å². The lowest BCUT2D eigenvalue weighted by atomic mass is 9.98. The Morgan fingerprint density at radius 2 is 1.90 bits per heavy atom. The van der Waals surface area contributed by atoms with E-state index in [-0.39, 0.29) is 18.2 Å². The van der Waals surface area contributed by atoms with E-state index in [0.717, 1.165) is 31.1 Å². The third kappa shape index (κ3) is 6.29. The second kappa shape index (κ2) is 10.0. The van der Waals surface area contributed by atoms with Gasteiger partial charge in [0.1, 0.15) is 5.75 Å². The van der Waals surface area contributed by atoms with Crippen LogP contribution in [0.5, 0.6) is 5.75 Å². The largest absolute Gasteiger partial charge is 0.484 e. The van der Waals surface area contributed by atoms with Crippen molar-refractivity contribution in [3.63, 3.8) is 0 Å². The quantitative estimate of drug-likeness (QED) is 0.544. The van der Waals surface area contributed by atoms with E-state index in [2.05, 4.69) is 23.2 Å². The normalized spacial score (nSPS) is 15.1. The topological polar surface area (TPSA) is 84.7 Å². The lowest BCUT2D eigenvalue weighted by molar-refractivity contribution is -0.384. The minimum Gasteiger partial charge on any atom is -0.484 e. The average Bonchev–Trinajstić information content (AvgIpc) is 2.73. The van der Waals surface area contributed by atoms with Crippen LogP contribution < -0.4 is 10.1 Å². The number of hydrogen-bond acceptors (Lipinski definition) is 5. The molecule has 0 radical (unpaired) electrons. The number of carbonyl (C=O) groups is 1. The van der Waals surface area contributed by atoms with Gasteiger partial charge in [-0.3, -0.25) is 19.8 Å². The summed E-state index contributed by atoms with van der Waals surface area (Å²) in [6.07, 6.45) is 2.46. The molecule has 7 nitrogen and oxygen atoms in total. The molecule has 1 aliphatic rings. The molecule has 0 aliphatic carbocycles. The van der Waals surface area contributed by atoms with Crippen LogP contribution in [0.3, 0.4) is 0 Å². The Bertz CT molecular complexity index is 847. The molecular formula is C22H27N3O4. The summed E-state index contributed by atoms with van der Waals surface area (Å²) in [6, 6.07) is 14.0. The molecule has 1 saturated heterocycles. The summed E-state index contributed by atoms with van der Waals surface area (Å²) in [4.78, 5) is 24.9. The molecule has 7 heteroatoms.